The van der Waals surface area contributed by atoms with Gasteiger partial charge in [0.2, 0.25) is 0 Å². The van der Waals surface area contributed by atoms with Gasteiger partial charge in [-0.1, -0.05) is 6.07 Å². The maximum absolute atomic E-state index is 12.5. The molecule has 1 aromatic rings. The fraction of sp³-hybridized carbons (Fsp3) is 0.667. The van der Waals surface area contributed by atoms with Crippen LogP contribution in [0.1, 0.15) is 55.4 Å². The average Bonchev–Trinajstić information content (AvgIpc) is 3.32. The largest absolute Gasteiger partial charge is 1.00 e. The van der Waals surface area contributed by atoms with E-state index in [-0.39, 0.29) is 63.1 Å². The van der Waals surface area contributed by atoms with Gasteiger partial charge in [-0.25, -0.2) is 8.42 Å². The quantitative estimate of drug-likeness (QED) is 0.677. The SMILES string of the molecule is CC(C)N1CCC(CS(=O)(=O)[N-]C(=O)Nc2c3c(cc4c2CCC4)CCC3)C1.[K+]. The monoisotopic (exact) mass is 443 g/mol. The van der Waals surface area contributed by atoms with Crippen LogP contribution in [-0.4, -0.2) is 44.2 Å². The van der Waals surface area contributed by atoms with Gasteiger partial charge < -0.3 is 14.9 Å². The first kappa shape index (κ1) is 23.7. The zero-order chi connectivity index (χ0) is 19.9. The van der Waals surface area contributed by atoms with Gasteiger partial charge in [-0.15, -0.1) is 0 Å². The molecule has 29 heavy (non-hydrogen) atoms. The molecule has 1 atom stereocenters. The molecule has 8 heteroatoms. The van der Waals surface area contributed by atoms with E-state index >= 15 is 0 Å². The first-order valence-corrected chi connectivity index (χ1v) is 12.1. The summed E-state index contributed by atoms with van der Waals surface area (Å²) in [6.07, 6.45) is 6.98. The van der Waals surface area contributed by atoms with Crippen molar-refractivity contribution < 1.29 is 64.6 Å². The third-order valence-corrected chi connectivity index (χ3v) is 7.76. The smallest absolute Gasteiger partial charge is 0.423 e. The van der Waals surface area contributed by atoms with Crippen LogP contribution >= 0.6 is 0 Å². The number of hydrogen-bond donors (Lipinski definition) is 1. The van der Waals surface area contributed by atoms with Crippen LogP contribution in [0.15, 0.2) is 6.07 Å². The van der Waals surface area contributed by atoms with Crippen LogP contribution in [0.4, 0.5) is 10.5 Å². The molecule has 3 aliphatic rings. The van der Waals surface area contributed by atoms with Crippen molar-refractivity contribution in [3.05, 3.63) is 33.0 Å². The molecule has 1 fully saturated rings. The molecule has 1 N–H and O–H groups in total. The second kappa shape index (κ2) is 9.67. The summed E-state index contributed by atoms with van der Waals surface area (Å²) in [5.41, 5.74) is 5.82. The molecule has 1 aromatic carbocycles. The molecule has 1 saturated heterocycles. The van der Waals surface area contributed by atoms with Gasteiger partial charge >= 0.3 is 51.4 Å². The molecular weight excluding hydrogens is 413 g/mol. The summed E-state index contributed by atoms with van der Waals surface area (Å²) in [4.78, 5) is 14.8. The van der Waals surface area contributed by atoms with Crippen LogP contribution in [0, 0.1) is 5.92 Å². The van der Waals surface area contributed by atoms with Crippen LogP contribution in [0.5, 0.6) is 0 Å². The number of anilines is 1. The summed E-state index contributed by atoms with van der Waals surface area (Å²) >= 11 is 0. The number of hydrogen-bond acceptors (Lipinski definition) is 4. The molecule has 0 aromatic heterocycles. The van der Waals surface area contributed by atoms with E-state index in [1.54, 1.807) is 0 Å². The van der Waals surface area contributed by atoms with Gasteiger partial charge in [0, 0.05) is 12.6 Å². The Bertz CT molecular complexity index is 853. The number of nitrogens with one attached hydrogen (secondary N) is 1. The van der Waals surface area contributed by atoms with E-state index in [1.807, 2.05) is 0 Å². The Kier molecular flexibility index (Phi) is 7.90. The van der Waals surface area contributed by atoms with E-state index in [0.29, 0.717) is 6.04 Å². The average molecular weight is 444 g/mol. The minimum Gasteiger partial charge on any atom is -0.423 e. The number of sulfonamides is 1. The third kappa shape index (κ3) is 5.45. The number of rotatable bonds is 5. The molecule has 0 radical (unpaired) electrons. The molecule has 2 amide bonds. The molecule has 4 rings (SSSR count). The predicted molar refractivity (Wildman–Crippen MR) is 111 cm³/mol. The fourth-order valence-corrected chi connectivity index (χ4v) is 6.27. The second-order valence-electron chi connectivity index (χ2n) is 8.75. The molecule has 2 aliphatic carbocycles. The van der Waals surface area contributed by atoms with E-state index in [1.165, 1.54) is 22.3 Å². The molecular formula is C21H30KN3O3S. The number of nitrogens with zero attached hydrogens (tertiary/aromatic N) is 2. The van der Waals surface area contributed by atoms with Crippen molar-refractivity contribution in [2.75, 3.05) is 24.2 Å². The van der Waals surface area contributed by atoms with Crippen LogP contribution < -0.4 is 56.7 Å². The number of urea groups is 1. The minimum atomic E-state index is -3.78. The molecule has 6 nitrogen and oxygen atoms in total. The van der Waals surface area contributed by atoms with Gasteiger partial charge in [0.1, 0.15) is 0 Å². The molecule has 0 bridgehead atoms. The van der Waals surface area contributed by atoms with Gasteiger partial charge in [0.25, 0.3) is 0 Å². The van der Waals surface area contributed by atoms with Crippen LogP contribution in [0.2, 0.25) is 0 Å². The van der Waals surface area contributed by atoms with Gasteiger partial charge in [0.15, 0.2) is 16.1 Å². The van der Waals surface area contributed by atoms with Crippen molar-refractivity contribution in [1.29, 1.82) is 0 Å². The number of benzene rings is 1. The van der Waals surface area contributed by atoms with Crippen molar-refractivity contribution in [1.82, 2.24) is 4.90 Å². The number of fused-ring (bicyclic) bond motifs is 2. The molecule has 1 aliphatic heterocycles. The molecule has 0 saturated carbocycles. The third-order valence-electron chi connectivity index (χ3n) is 6.42. The van der Waals surface area contributed by atoms with Crippen LogP contribution in [-0.2, 0) is 35.7 Å². The number of amides is 2. The van der Waals surface area contributed by atoms with Crippen molar-refractivity contribution in [2.45, 2.75) is 64.8 Å². The maximum Gasteiger partial charge on any atom is 1.00 e. The molecule has 1 heterocycles. The summed E-state index contributed by atoms with van der Waals surface area (Å²) in [6.45, 7) is 5.90. The van der Waals surface area contributed by atoms with Gasteiger partial charge in [-0.3, -0.25) is 4.79 Å². The Morgan fingerprint density at radius 1 is 1.17 bits per heavy atom. The van der Waals surface area contributed by atoms with Crippen LogP contribution in [0.3, 0.4) is 0 Å². The fourth-order valence-electron chi connectivity index (χ4n) is 5.03. The normalized spacial score (nSPS) is 21.0. The number of likely N-dealkylation sites (tertiary alicyclic amines) is 1. The van der Waals surface area contributed by atoms with Crippen molar-refractivity contribution in [3.63, 3.8) is 0 Å². The van der Waals surface area contributed by atoms with E-state index in [9.17, 15) is 13.2 Å². The topological polar surface area (TPSA) is 80.6 Å². The summed E-state index contributed by atoms with van der Waals surface area (Å²) in [5, 5.41) is 2.86. The van der Waals surface area contributed by atoms with E-state index in [4.69, 9.17) is 0 Å². The van der Waals surface area contributed by atoms with E-state index in [2.05, 4.69) is 34.9 Å². The summed E-state index contributed by atoms with van der Waals surface area (Å²) < 4.78 is 28.6. The molecule has 1 unspecified atom stereocenters. The van der Waals surface area contributed by atoms with Crippen LogP contribution in [0.25, 0.3) is 4.72 Å². The van der Waals surface area contributed by atoms with Gasteiger partial charge in [0.05, 0.1) is 5.75 Å². The Balaban J connectivity index is 0.00000240. The zero-order valence-corrected chi connectivity index (χ0v) is 21.8. The predicted octanol–water partition coefficient (Wildman–Crippen LogP) is 0.634. The first-order valence-electron chi connectivity index (χ1n) is 10.5. The number of carbonyl (C=O) groups excluding carboxylic acids is 1. The Morgan fingerprint density at radius 2 is 1.79 bits per heavy atom. The van der Waals surface area contributed by atoms with Crippen molar-refractivity contribution >= 4 is 21.7 Å². The minimum absolute atomic E-state index is 0. The maximum atomic E-state index is 12.5. The van der Waals surface area contributed by atoms with Gasteiger partial charge in [-0.2, -0.15) is 0 Å². The molecule has 0 spiro atoms. The van der Waals surface area contributed by atoms with Gasteiger partial charge in [-0.05, 0) is 99.2 Å². The van der Waals surface area contributed by atoms with E-state index < -0.39 is 16.1 Å². The Morgan fingerprint density at radius 3 is 2.34 bits per heavy atom. The van der Waals surface area contributed by atoms with Crippen molar-refractivity contribution in [3.8, 4) is 0 Å². The first-order chi connectivity index (χ1) is 13.3. The Hall–Kier alpha value is 0.0364. The summed E-state index contributed by atoms with van der Waals surface area (Å²) in [5.74, 6) is 0.00318. The van der Waals surface area contributed by atoms with E-state index in [0.717, 1.165) is 63.7 Å². The summed E-state index contributed by atoms with van der Waals surface area (Å²) in [6, 6.07) is 1.96. The summed E-state index contributed by atoms with van der Waals surface area (Å²) in [7, 11) is -3.78. The standard InChI is InChI=1S/C21H31N3O3S.K/c1-14(2)24-10-9-15(12-24)13-28(26,27)23-21(25)22-20-18-7-3-5-16(18)11-17-6-4-8-19(17)20;/h11,14-15H,3-10,12-13H2,1-2H3,(H2,22,23,25);/q;+1/p-1. The second-order valence-corrected chi connectivity index (χ2v) is 10.4. The van der Waals surface area contributed by atoms with Crippen molar-refractivity contribution in [2.24, 2.45) is 5.92 Å². The zero-order valence-electron chi connectivity index (χ0n) is 17.8. The number of carbonyl (C=O) groups is 1. The molecule has 154 valence electrons. The number of aryl methyl sites for hydroxylation is 2. The Labute approximate surface area is 217 Å².